The van der Waals surface area contributed by atoms with Gasteiger partial charge in [0.15, 0.2) is 6.61 Å². The summed E-state index contributed by atoms with van der Waals surface area (Å²) < 4.78 is 32.1. The summed E-state index contributed by atoms with van der Waals surface area (Å²) in [6.45, 7) is 7.22. The molecule has 0 atom stereocenters. The minimum atomic E-state index is -3.67. The summed E-state index contributed by atoms with van der Waals surface area (Å²) in [6, 6.07) is 13.4. The van der Waals surface area contributed by atoms with Gasteiger partial charge in [-0.2, -0.15) is 4.31 Å². The van der Waals surface area contributed by atoms with E-state index in [9.17, 15) is 18.0 Å². The molecule has 33 heavy (non-hydrogen) atoms. The van der Waals surface area contributed by atoms with Crippen LogP contribution in [0.3, 0.4) is 0 Å². The molecule has 8 nitrogen and oxygen atoms in total. The standard InChI is InChI=1S/C24H27N3O5S/c1-5-27(6-2)33(30,31)18-12-11-16(3)22(14-18)26-23(28)15-32-24(29)20-13-17(4)25-21-10-8-7-9-19(20)21/h7-14H,5-6,15H2,1-4H3,(H,26,28). The predicted molar refractivity (Wildman–Crippen MR) is 127 cm³/mol. The lowest BCUT2D eigenvalue weighted by atomic mass is 10.1. The van der Waals surface area contributed by atoms with E-state index in [4.69, 9.17) is 4.74 Å². The number of benzene rings is 2. The largest absolute Gasteiger partial charge is 0.452 e. The second kappa shape index (κ2) is 10.1. The van der Waals surface area contributed by atoms with Crippen LogP contribution in [0, 0.1) is 13.8 Å². The van der Waals surface area contributed by atoms with Crippen molar-refractivity contribution >= 4 is 38.5 Å². The topological polar surface area (TPSA) is 106 Å². The van der Waals surface area contributed by atoms with Gasteiger partial charge in [0.1, 0.15) is 0 Å². The highest BCUT2D eigenvalue weighted by molar-refractivity contribution is 7.89. The Bertz CT molecular complexity index is 1300. The third-order valence-electron chi connectivity index (χ3n) is 5.22. The number of hydrogen-bond donors (Lipinski definition) is 1. The summed E-state index contributed by atoms with van der Waals surface area (Å²) in [5.74, 6) is -1.21. The molecule has 0 aliphatic carbocycles. The van der Waals surface area contributed by atoms with Crippen LogP contribution in [0.15, 0.2) is 53.4 Å². The number of carbonyl (C=O) groups excluding carboxylic acids is 2. The van der Waals surface area contributed by atoms with Crippen molar-refractivity contribution in [2.75, 3.05) is 25.0 Å². The van der Waals surface area contributed by atoms with Crippen LogP contribution in [0.5, 0.6) is 0 Å². The molecular formula is C24H27N3O5S. The number of hydrogen-bond acceptors (Lipinski definition) is 6. The van der Waals surface area contributed by atoms with E-state index in [0.717, 1.165) is 0 Å². The highest BCUT2D eigenvalue weighted by Crippen LogP contribution is 2.23. The fraction of sp³-hybridized carbons (Fsp3) is 0.292. The molecule has 1 heterocycles. The molecule has 0 spiro atoms. The van der Waals surface area contributed by atoms with Crippen LogP contribution < -0.4 is 5.32 Å². The van der Waals surface area contributed by atoms with Gasteiger partial charge < -0.3 is 10.1 Å². The first-order chi connectivity index (χ1) is 15.7. The van der Waals surface area contributed by atoms with Crippen molar-refractivity contribution in [1.82, 2.24) is 9.29 Å². The molecule has 0 saturated heterocycles. The molecule has 9 heteroatoms. The van der Waals surface area contributed by atoms with Crippen molar-refractivity contribution in [2.45, 2.75) is 32.6 Å². The first-order valence-corrected chi connectivity index (χ1v) is 12.1. The summed E-state index contributed by atoms with van der Waals surface area (Å²) in [5.41, 5.74) is 2.68. The normalized spacial score (nSPS) is 11.5. The molecule has 3 rings (SSSR count). The van der Waals surface area contributed by atoms with Crippen LogP contribution >= 0.6 is 0 Å². The van der Waals surface area contributed by atoms with Gasteiger partial charge >= 0.3 is 5.97 Å². The SMILES string of the molecule is CCN(CC)S(=O)(=O)c1ccc(C)c(NC(=O)COC(=O)c2cc(C)nc3ccccc23)c1. The Labute approximate surface area is 193 Å². The van der Waals surface area contributed by atoms with Crippen molar-refractivity contribution in [3.63, 3.8) is 0 Å². The number of pyridine rings is 1. The lowest BCUT2D eigenvalue weighted by Gasteiger charge is -2.19. The average molecular weight is 470 g/mol. The van der Waals surface area contributed by atoms with Gasteiger partial charge in [-0.15, -0.1) is 0 Å². The van der Waals surface area contributed by atoms with Crippen LogP contribution in [-0.2, 0) is 19.6 Å². The van der Waals surface area contributed by atoms with E-state index < -0.39 is 28.5 Å². The fourth-order valence-electron chi connectivity index (χ4n) is 3.48. The number of fused-ring (bicyclic) bond motifs is 1. The van der Waals surface area contributed by atoms with Gasteiger partial charge in [0.25, 0.3) is 5.91 Å². The number of sulfonamides is 1. The molecule has 0 fully saturated rings. The molecule has 1 N–H and O–H groups in total. The highest BCUT2D eigenvalue weighted by Gasteiger charge is 2.23. The third kappa shape index (κ3) is 5.37. The van der Waals surface area contributed by atoms with E-state index >= 15 is 0 Å². The number of nitrogens with zero attached hydrogens (tertiary/aromatic N) is 2. The van der Waals surface area contributed by atoms with Crippen molar-refractivity contribution < 1.29 is 22.7 Å². The first-order valence-electron chi connectivity index (χ1n) is 10.6. The van der Waals surface area contributed by atoms with E-state index in [1.165, 1.54) is 16.4 Å². The fourth-order valence-corrected chi connectivity index (χ4v) is 4.97. The van der Waals surface area contributed by atoms with Crippen molar-refractivity contribution in [1.29, 1.82) is 0 Å². The Hall–Kier alpha value is -3.30. The number of nitrogens with one attached hydrogen (secondary N) is 1. The summed E-state index contributed by atoms with van der Waals surface area (Å²) >= 11 is 0. The molecule has 0 aliphatic heterocycles. The zero-order valence-electron chi connectivity index (χ0n) is 19.1. The van der Waals surface area contributed by atoms with Crippen LogP contribution in [-0.4, -0.2) is 49.3 Å². The highest BCUT2D eigenvalue weighted by atomic mass is 32.2. The molecule has 0 aliphatic rings. The Kier molecular flexibility index (Phi) is 7.45. The number of aryl methyl sites for hydroxylation is 2. The predicted octanol–water partition coefficient (Wildman–Crippen LogP) is 3.68. The van der Waals surface area contributed by atoms with Crippen LogP contribution in [0.4, 0.5) is 5.69 Å². The van der Waals surface area contributed by atoms with Gasteiger partial charge in [-0.25, -0.2) is 13.2 Å². The molecule has 1 amide bonds. The quantitative estimate of drug-likeness (QED) is 0.505. The van der Waals surface area contributed by atoms with Gasteiger partial charge in [-0.1, -0.05) is 38.1 Å². The third-order valence-corrected chi connectivity index (χ3v) is 7.27. The Morgan fingerprint density at radius 1 is 1.03 bits per heavy atom. The van der Waals surface area contributed by atoms with E-state index in [1.807, 2.05) is 6.07 Å². The van der Waals surface area contributed by atoms with Crippen molar-refractivity contribution in [3.05, 3.63) is 65.4 Å². The molecule has 0 unspecified atom stereocenters. The van der Waals surface area contributed by atoms with Crippen LogP contribution in [0.25, 0.3) is 10.9 Å². The number of ether oxygens (including phenoxy) is 1. The molecule has 0 bridgehead atoms. The monoisotopic (exact) mass is 469 g/mol. The molecule has 1 aromatic heterocycles. The summed E-state index contributed by atoms with van der Waals surface area (Å²) in [5, 5.41) is 3.28. The lowest BCUT2D eigenvalue weighted by Crippen LogP contribution is -2.30. The van der Waals surface area contributed by atoms with Gasteiger partial charge in [0, 0.05) is 29.9 Å². The number of anilines is 1. The maximum Gasteiger partial charge on any atom is 0.339 e. The Balaban J connectivity index is 1.74. The number of para-hydroxylation sites is 1. The van der Waals surface area contributed by atoms with Gasteiger partial charge in [0.2, 0.25) is 10.0 Å². The molecule has 174 valence electrons. The number of esters is 1. The number of rotatable bonds is 8. The zero-order chi connectivity index (χ0) is 24.2. The summed E-state index contributed by atoms with van der Waals surface area (Å²) in [4.78, 5) is 29.6. The van der Waals surface area contributed by atoms with Gasteiger partial charge in [-0.3, -0.25) is 9.78 Å². The Morgan fingerprint density at radius 2 is 1.73 bits per heavy atom. The van der Waals surface area contributed by atoms with Crippen molar-refractivity contribution in [2.24, 2.45) is 0 Å². The number of aromatic nitrogens is 1. The Morgan fingerprint density at radius 3 is 2.42 bits per heavy atom. The average Bonchev–Trinajstić information content (AvgIpc) is 2.78. The number of amides is 1. The molecule has 2 aromatic carbocycles. The molecule has 3 aromatic rings. The summed E-state index contributed by atoms with van der Waals surface area (Å²) in [6.07, 6.45) is 0. The maximum absolute atomic E-state index is 12.8. The van der Waals surface area contributed by atoms with Crippen LogP contribution in [0.2, 0.25) is 0 Å². The van der Waals surface area contributed by atoms with Gasteiger partial charge in [0.05, 0.1) is 16.0 Å². The first kappa shape index (κ1) is 24.3. The minimum Gasteiger partial charge on any atom is -0.452 e. The lowest BCUT2D eigenvalue weighted by molar-refractivity contribution is -0.119. The second-order valence-electron chi connectivity index (χ2n) is 7.52. The van der Waals surface area contributed by atoms with Crippen LogP contribution in [0.1, 0.15) is 35.5 Å². The maximum atomic E-state index is 12.8. The second-order valence-corrected chi connectivity index (χ2v) is 9.46. The molecular weight excluding hydrogens is 442 g/mol. The van der Waals surface area contributed by atoms with E-state index in [-0.39, 0.29) is 4.90 Å². The minimum absolute atomic E-state index is 0.0859. The smallest absolute Gasteiger partial charge is 0.339 e. The zero-order valence-corrected chi connectivity index (χ0v) is 19.9. The van der Waals surface area contributed by atoms with E-state index in [1.54, 1.807) is 58.0 Å². The van der Waals surface area contributed by atoms with E-state index in [2.05, 4.69) is 10.3 Å². The van der Waals surface area contributed by atoms with Gasteiger partial charge in [-0.05, 0) is 43.7 Å². The number of carbonyl (C=O) groups is 2. The van der Waals surface area contributed by atoms with E-state index in [0.29, 0.717) is 46.5 Å². The van der Waals surface area contributed by atoms with Crippen molar-refractivity contribution in [3.8, 4) is 0 Å². The summed E-state index contributed by atoms with van der Waals surface area (Å²) in [7, 11) is -3.67. The molecule has 0 radical (unpaired) electrons. The molecule has 0 saturated carbocycles.